The molecule has 2 amide bonds. The largest absolute Gasteiger partial charge is 0.393 e. The van der Waals surface area contributed by atoms with E-state index in [1.807, 2.05) is 6.92 Å². The van der Waals surface area contributed by atoms with E-state index in [0.717, 1.165) is 12.8 Å². The number of nitrogens with zero attached hydrogens (tertiary/aromatic N) is 2. The van der Waals surface area contributed by atoms with Gasteiger partial charge in [-0.15, -0.1) is 0 Å². The van der Waals surface area contributed by atoms with Crippen LogP contribution in [0.15, 0.2) is 18.2 Å². The van der Waals surface area contributed by atoms with Crippen LogP contribution in [-0.4, -0.2) is 40.2 Å². The fraction of sp³-hybridized carbons (Fsp3) is 0.562. The van der Waals surface area contributed by atoms with Gasteiger partial charge < -0.3 is 15.3 Å². The number of urea groups is 1. The van der Waals surface area contributed by atoms with E-state index in [1.165, 1.54) is 6.07 Å². The number of aliphatic hydroxyl groups is 1. The van der Waals surface area contributed by atoms with Gasteiger partial charge in [0.15, 0.2) is 0 Å². The van der Waals surface area contributed by atoms with Crippen LogP contribution in [0.5, 0.6) is 0 Å². The average molecular weight is 321 g/mol. The van der Waals surface area contributed by atoms with Crippen molar-refractivity contribution in [3.05, 3.63) is 33.9 Å². The molecule has 1 aliphatic rings. The first-order valence-electron chi connectivity index (χ1n) is 7.93. The number of carbonyl (C=O) groups is 1. The van der Waals surface area contributed by atoms with Gasteiger partial charge in [-0.3, -0.25) is 10.1 Å². The molecule has 2 N–H and O–H groups in total. The molecule has 0 saturated carbocycles. The van der Waals surface area contributed by atoms with Crippen LogP contribution >= 0.6 is 0 Å². The third-order valence-electron chi connectivity index (χ3n) is 4.34. The van der Waals surface area contributed by atoms with Crippen molar-refractivity contribution < 1.29 is 14.8 Å². The maximum Gasteiger partial charge on any atom is 0.321 e. The molecule has 0 aromatic heterocycles. The number of amides is 2. The van der Waals surface area contributed by atoms with Crippen molar-refractivity contribution in [2.45, 2.75) is 39.2 Å². The number of nitro groups is 1. The number of likely N-dealkylation sites (tertiary alicyclic amines) is 1. The van der Waals surface area contributed by atoms with E-state index >= 15 is 0 Å². The second-order valence-electron chi connectivity index (χ2n) is 5.97. The summed E-state index contributed by atoms with van der Waals surface area (Å²) in [4.78, 5) is 24.6. The summed E-state index contributed by atoms with van der Waals surface area (Å²) in [6, 6.07) is 4.46. The number of aliphatic hydroxyl groups excluding tert-OH is 1. The number of rotatable bonds is 4. The number of carbonyl (C=O) groups excluding carboxylic acids is 1. The van der Waals surface area contributed by atoms with E-state index in [4.69, 9.17) is 0 Å². The first-order chi connectivity index (χ1) is 10.9. The number of nitro benzene ring substituents is 1. The Morgan fingerprint density at radius 2 is 2.30 bits per heavy atom. The molecule has 2 rings (SSSR count). The van der Waals surface area contributed by atoms with Gasteiger partial charge in [0.1, 0.15) is 0 Å². The molecular formula is C16H23N3O4. The van der Waals surface area contributed by atoms with Crippen molar-refractivity contribution in [1.29, 1.82) is 0 Å². The predicted octanol–water partition coefficient (Wildman–Crippen LogP) is 2.78. The number of aryl methyl sites for hydroxylation is 1. The van der Waals surface area contributed by atoms with Gasteiger partial charge in [-0.25, -0.2) is 4.79 Å². The molecule has 23 heavy (non-hydrogen) atoms. The van der Waals surface area contributed by atoms with E-state index < -0.39 is 11.0 Å². The van der Waals surface area contributed by atoms with E-state index in [9.17, 15) is 20.0 Å². The molecule has 126 valence electrons. The number of benzene rings is 1. The number of hydrogen-bond acceptors (Lipinski definition) is 4. The zero-order chi connectivity index (χ0) is 17.0. The third kappa shape index (κ3) is 4.19. The standard InChI is InChI=1S/C16H23N3O4/c1-3-12-6-7-14(9-15(12)19(22)23)17-16(21)18-8-4-5-13(10-18)11(2)20/h6-7,9,11,13,20H,3-5,8,10H2,1-2H3,(H,17,21)/t11-,13-/m0/s1. The highest BCUT2D eigenvalue weighted by Gasteiger charge is 2.26. The molecule has 1 aromatic carbocycles. The van der Waals surface area contributed by atoms with Gasteiger partial charge in [0, 0.05) is 36.3 Å². The highest BCUT2D eigenvalue weighted by molar-refractivity contribution is 5.89. The molecule has 1 saturated heterocycles. The van der Waals surface area contributed by atoms with Crippen LogP contribution in [0.4, 0.5) is 16.2 Å². The molecule has 0 radical (unpaired) electrons. The predicted molar refractivity (Wildman–Crippen MR) is 87.5 cm³/mol. The SMILES string of the molecule is CCc1ccc(NC(=O)N2CCC[C@H]([C@H](C)O)C2)cc1[N+](=O)[O-]. The Bertz CT molecular complexity index is 589. The minimum atomic E-state index is -0.449. The first-order valence-corrected chi connectivity index (χ1v) is 7.93. The first kappa shape index (κ1) is 17.2. The van der Waals surface area contributed by atoms with Crippen LogP contribution in [0.3, 0.4) is 0 Å². The Morgan fingerprint density at radius 3 is 2.91 bits per heavy atom. The van der Waals surface area contributed by atoms with Gasteiger partial charge in [0.25, 0.3) is 5.69 Å². The Balaban J connectivity index is 2.08. The van der Waals surface area contributed by atoms with Gasteiger partial charge in [0.2, 0.25) is 0 Å². The topological polar surface area (TPSA) is 95.7 Å². The average Bonchev–Trinajstić information content (AvgIpc) is 2.54. The van der Waals surface area contributed by atoms with Crippen molar-refractivity contribution in [3.8, 4) is 0 Å². The molecule has 1 fully saturated rings. The maximum absolute atomic E-state index is 12.3. The minimum absolute atomic E-state index is 0.0193. The number of anilines is 1. The summed E-state index contributed by atoms with van der Waals surface area (Å²) in [6.45, 7) is 4.71. The minimum Gasteiger partial charge on any atom is -0.393 e. The summed E-state index contributed by atoms with van der Waals surface area (Å²) in [5.74, 6) is 0.0753. The van der Waals surface area contributed by atoms with E-state index in [2.05, 4.69) is 5.32 Å². The highest BCUT2D eigenvalue weighted by Crippen LogP contribution is 2.25. The lowest BCUT2D eigenvalue weighted by Gasteiger charge is -2.34. The second-order valence-corrected chi connectivity index (χ2v) is 5.97. The fourth-order valence-electron chi connectivity index (χ4n) is 2.90. The monoisotopic (exact) mass is 321 g/mol. The number of hydrogen-bond donors (Lipinski definition) is 2. The Hall–Kier alpha value is -2.15. The molecule has 0 aliphatic carbocycles. The summed E-state index contributed by atoms with van der Waals surface area (Å²) in [6.07, 6.45) is 1.86. The van der Waals surface area contributed by atoms with Crippen molar-refractivity contribution in [1.82, 2.24) is 4.90 Å². The molecule has 7 heteroatoms. The van der Waals surface area contributed by atoms with Gasteiger partial charge in [0.05, 0.1) is 11.0 Å². The smallest absolute Gasteiger partial charge is 0.321 e. The number of piperidine rings is 1. The van der Waals surface area contributed by atoms with Crippen molar-refractivity contribution >= 4 is 17.4 Å². The Kier molecular flexibility index (Phi) is 5.54. The lowest BCUT2D eigenvalue weighted by molar-refractivity contribution is -0.385. The van der Waals surface area contributed by atoms with Crippen LogP contribution in [0, 0.1) is 16.0 Å². The summed E-state index contributed by atoms with van der Waals surface area (Å²) in [7, 11) is 0. The van der Waals surface area contributed by atoms with Crippen LogP contribution in [0.2, 0.25) is 0 Å². The molecular weight excluding hydrogens is 298 g/mol. The summed E-state index contributed by atoms with van der Waals surface area (Å²) in [5, 5.41) is 23.5. The van der Waals surface area contributed by atoms with E-state index in [-0.39, 0.29) is 17.6 Å². The van der Waals surface area contributed by atoms with Crippen LogP contribution < -0.4 is 5.32 Å². The summed E-state index contributed by atoms with van der Waals surface area (Å²) >= 11 is 0. The van der Waals surface area contributed by atoms with Crippen LogP contribution in [-0.2, 0) is 6.42 Å². The summed E-state index contributed by atoms with van der Waals surface area (Å²) < 4.78 is 0. The fourth-order valence-corrected chi connectivity index (χ4v) is 2.90. The third-order valence-corrected chi connectivity index (χ3v) is 4.34. The summed E-state index contributed by atoms with van der Waals surface area (Å²) in [5.41, 5.74) is 1.07. The lowest BCUT2D eigenvalue weighted by atomic mass is 9.94. The van der Waals surface area contributed by atoms with Gasteiger partial charge in [-0.2, -0.15) is 0 Å². The van der Waals surface area contributed by atoms with Crippen molar-refractivity contribution in [2.24, 2.45) is 5.92 Å². The van der Waals surface area contributed by atoms with E-state index in [1.54, 1.807) is 24.0 Å². The molecule has 1 aliphatic heterocycles. The van der Waals surface area contributed by atoms with Gasteiger partial charge in [-0.05, 0) is 32.3 Å². The highest BCUT2D eigenvalue weighted by atomic mass is 16.6. The zero-order valence-corrected chi connectivity index (χ0v) is 13.5. The van der Waals surface area contributed by atoms with Crippen molar-refractivity contribution in [3.63, 3.8) is 0 Å². The zero-order valence-electron chi connectivity index (χ0n) is 13.5. The lowest BCUT2D eigenvalue weighted by Crippen LogP contribution is -2.44. The molecule has 1 aromatic rings. The molecule has 0 bridgehead atoms. The maximum atomic E-state index is 12.3. The Morgan fingerprint density at radius 1 is 1.57 bits per heavy atom. The van der Waals surface area contributed by atoms with Crippen LogP contribution in [0.25, 0.3) is 0 Å². The number of nitrogens with one attached hydrogen (secondary N) is 1. The van der Waals surface area contributed by atoms with Crippen LogP contribution in [0.1, 0.15) is 32.3 Å². The second kappa shape index (κ2) is 7.41. The van der Waals surface area contributed by atoms with Gasteiger partial charge >= 0.3 is 6.03 Å². The Labute approximate surface area is 135 Å². The molecule has 7 nitrogen and oxygen atoms in total. The van der Waals surface area contributed by atoms with Gasteiger partial charge in [-0.1, -0.05) is 13.0 Å². The van der Waals surface area contributed by atoms with Crippen molar-refractivity contribution in [2.75, 3.05) is 18.4 Å². The molecule has 1 heterocycles. The normalized spacial score (nSPS) is 19.3. The molecule has 0 spiro atoms. The molecule has 0 unspecified atom stereocenters. The molecule has 2 atom stereocenters. The van der Waals surface area contributed by atoms with E-state index in [0.29, 0.717) is 30.8 Å². The quantitative estimate of drug-likeness (QED) is 0.658.